The lowest BCUT2D eigenvalue weighted by Gasteiger charge is -2.35. The van der Waals surface area contributed by atoms with E-state index in [1.54, 1.807) is 12.1 Å². The molecule has 114 valence electrons. The summed E-state index contributed by atoms with van der Waals surface area (Å²) in [5.41, 5.74) is 3.18. The van der Waals surface area contributed by atoms with Crippen LogP contribution in [0.4, 0.5) is 4.39 Å². The van der Waals surface area contributed by atoms with Gasteiger partial charge >= 0.3 is 0 Å². The summed E-state index contributed by atoms with van der Waals surface area (Å²) in [4.78, 5) is 5.61. The van der Waals surface area contributed by atoms with E-state index in [4.69, 9.17) is 0 Å². The zero-order valence-corrected chi connectivity index (χ0v) is 12.7. The lowest BCUT2D eigenvalue weighted by Crippen LogP contribution is -2.43. The second-order valence-corrected chi connectivity index (χ2v) is 6.25. The van der Waals surface area contributed by atoms with Crippen LogP contribution in [0.3, 0.4) is 0 Å². The van der Waals surface area contributed by atoms with Gasteiger partial charge in [-0.15, -0.1) is 0 Å². The molecule has 1 fully saturated rings. The summed E-state index contributed by atoms with van der Waals surface area (Å²) in [6.45, 7) is 2.78. The summed E-state index contributed by atoms with van der Waals surface area (Å²) in [6, 6.07) is 5.08. The molecule has 0 bridgehead atoms. The number of aromatic amines is 1. The largest absolute Gasteiger partial charge is 0.391 e. The first-order valence-electron chi connectivity index (χ1n) is 7.71. The summed E-state index contributed by atoms with van der Waals surface area (Å²) in [7, 11) is 2.06. The van der Waals surface area contributed by atoms with E-state index in [2.05, 4.69) is 16.9 Å². The van der Waals surface area contributed by atoms with E-state index in [-0.39, 0.29) is 18.0 Å². The van der Waals surface area contributed by atoms with Gasteiger partial charge in [0.05, 0.1) is 6.10 Å². The van der Waals surface area contributed by atoms with Gasteiger partial charge in [-0.05, 0) is 50.6 Å². The van der Waals surface area contributed by atoms with Gasteiger partial charge in [-0.25, -0.2) is 4.39 Å². The molecule has 0 spiro atoms. The van der Waals surface area contributed by atoms with Gasteiger partial charge in [-0.2, -0.15) is 0 Å². The minimum Gasteiger partial charge on any atom is -0.391 e. The van der Waals surface area contributed by atoms with Crippen LogP contribution in [0, 0.1) is 12.7 Å². The van der Waals surface area contributed by atoms with Gasteiger partial charge in [0.2, 0.25) is 0 Å². The summed E-state index contributed by atoms with van der Waals surface area (Å²) in [5, 5.41) is 11.1. The summed E-state index contributed by atoms with van der Waals surface area (Å²) in [6.07, 6.45) is 4.02. The molecule has 2 aromatic rings. The summed E-state index contributed by atoms with van der Waals surface area (Å²) < 4.78 is 13.4. The molecule has 0 amide bonds. The zero-order valence-electron chi connectivity index (χ0n) is 12.7. The third-order valence-electron chi connectivity index (χ3n) is 4.79. The Labute approximate surface area is 124 Å². The van der Waals surface area contributed by atoms with Crippen molar-refractivity contribution >= 4 is 10.9 Å². The van der Waals surface area contributed by atoms with Crippen molar-refractivity contribution in [3.05, 3.63) is 35.3 Å². The van der Waals surface area contributed by atoms with E-state index >= 15 is 0 Å². The van der Waals surface area contributed by atoms with Crippen LogP contribution in [0.1, 0.15) is 36.9 Å². The van der Waals surface area contributed by atoms with E-state index in [1.807, 2.05) is 6.92 Å². The smallest absolute Gasteiger partial charge is 0.123 e. The van der Waals surface area contributed by atoms with E-state index in [0.29, 0.717) is 0 Å². The molecule has 3 nitrogen and oxygen atoms in total. The normalized spacial score (nSPS) is 23.1. The van der Waals surface area contributed by atoms with Gasteiger partial charge in [-0.1, -0.05) is 12.8 Å². The molecule has 1 saturated carbocycles. The van der Waals surface area contributed by atoms with Crippen molar-refractivity contribution in [3.8, 4) is 0 Å². The second kappa shape index (κ2) is 5.78. The van der Waals surface area contributed by atoms with Crippen LogP contribution < -0.4 is 0 Å². The van der Waals surface area contributed by atoms with E-state index in [1.165, 1.54) is 12.5 Å². The molecule has 3 rings (SSSR count). The Bertz CT molecular complexity index is 637. The van der Waals surface area contributed by atoms with Gasteiger partial charge in [0, 0.05) is 29.2 Å². The Morgan fingerprint density at radius 2 is 2.10 bits per heavy atom. The van der Waals surface area contributed by atoms with Gasteiger partial charge in [0.25, 0.3) is 0 Å². The second-order valence-electron chi connectivity index (χ2n) is 6.25. The van der Waals surface area contributed by atoms with Crippen molar-refractivity contribution in [1.82, 2.24) is 9.88 Å². The molecule has 21 heavy (non-hydrogen) atoms. The molecule has 1 aliphatic rings. The van der Waals surface area contributed by atoms with Crippen molar-refractivity contribution in [3.63, 3.8) is 0 Å². The molecule has 0 saturated heterocycles. The van der Waals surface area contributed by atoms with E-state index in [9.17, 15) is 9.50 Å². The highest BCUT2D eigenvalue weighted by molar-refractivity contribution is 5.84. The van der Waals surface area contributed by atoms with Crippen LogP contribution in [-0.2, 0) is 6.54 Å². The number of hydrogen-bond acceptors (Lipinski definition) is 2. The highest BCUT2D eigenvalue weighted by Crippen LogP contribution is 2.27. The molecule has 0 aliphatic heterocycles. The number of nitrogens with zero attached hydrogens (tertiary/aromatic N) is 1. The molecule has 1 heterocycles. The van der Waals surface area contributed by atoms with Gasteiger partial charge < -0.3 is 10.1 Å². The number of fused-ring (bicyclic) bond motifs is 1. The zero-order chi connectivity index (χ0) is 15.0. The molecule has 0 radical (unpaired) electrons. The Balaban J connectivity index is 1.82. The van der Waals surface area contributed by atoms with Crippen LogP contribution in [0.25, 0.3) is 10.9 Å². The highest BCUT2D eigenvalue weighted by Gasteiger charge is 2.27. The maximum Gasteiger partial charge on any atom is 0.123 e. The fourth-order valence-corrected chi connectivity index (χ4v) is 3.49. The molecule has 2 N–H and O–H groups in total. The Morgan fingerprint density at radius 1 is 1.33 bits per heavy atom. The van der Waals surface area contributed by atoms with Crippen molar-refractivity contribution in [2.24, 2.45) is 0 Å². The summed E-state index contributed by atoms with van der Waals surface area (Å²) in [5.74, 6) is -0.202. The highest BCUT2D eigenvalue weighted by atomic mass is 19.1. The molecule has 2 atom stereocenters. The number of benzene rings is 1. The minimum atomic E-state index is -0.231. The van der Waals surface area contributed by atoms with Gasteiger partial charge in [0.15, 0.2) is 0 Å². The van der Waals surface area contributed by atoms with Crippen LogP contribution in [0.5, 0.6) is 0 Å². The molecule has 1 aliphatic carbocycles. The maximum atomic E-state index is 13.4. The Kier molecular flexibility index (Phi) is 4.00. The number of halogens is 1. The quantitative estimate of drug-likeness (QED) is 0.910. The Hall–Kier alpha value is -1.39. The van der Waals surface area contributed by atoms with Crippen molar-refractivity contribution in [1.29, 1.82) is 0 Å². The first-order chi connectivity index (χ1) is 10.1. The third-order valence-corrected chi connectivity index (χ3v) is 4.79. The first kappa shape index (κ1) is 14.5. The average molecular weight is 290 g/mol. The number of H-pyrrole nitrogens is 1. The van der Waals surface area contributed by atoms with E-state index < -0.39 is 0 Å². The van der Waals surface area contributed by atoms with Crippen molar-refractivity contribution in [2.75, 3.05) is 7.05 Å². The Morgan fingerprint density at radius 3 is 2.86 bits per heavy atom. The molecule has 4 heteroatoms. The van der Waals surface area contributed by atoms with Crippen LogP contribution in [-0.4, -0.2) is 34.2 Å². The molecular weight excluding hydrogens is 267 g/mol. The summed E-state index contributed by atoms with van der Waals surface area (Å²) >= 11 is 0. The SMILES string of the molecule is Cc1c(CN(C)[C@@H]2CCCC[C@@H]2O)[nH]c2ccc(F)cc12. The number of rotatable bonds is 3. The molecular formula is C17H23FN2O. The third kappa shape index (κ3) is 2.83. The number of likely N-dealkylation sites (N-methyl/N-ethyl adjacent to an activating group) is 1. The van der Waals surface area contributed by atoms with E-state index in [0.717, 1.165) is 48.0 Å². The number of aliphatic hydroxyl groups excluding tert-OH is 1. The molecule has 1 aromatic heterocycles. The first-order valence-corrected chi connectivity index (χ1v) is 7.71. The fraction of sp³-hybridized carbons (Fsp3) is 0.529. The van der Waals surface area contributed by atoms with Gasteiger partial charge in [0.1, 0.15) is 5.82 Å². The molecule has 1 aromatic carbocycles. The standard InChI is InChI=1S/C17H23FN2O/c1-11-13-9-12(18)7-8-14(13)19-15(11)10-20(2)16-5-3-4-6-17(16)21/h7-9,16-17,19,21H,3-6,10H2,1-2H3/t16-,17+/m1/s1. The molecule has 0 unspecified atom stereocenters. The minimum absolute atomic E-state index is 0.202. The van der Waals surface area contributed by atoms with Crippen molar-refractivity contribution in [2.45, 2.75) is 51.3 Å². The van der Waals surface area contributed by atoms with Gasteiger partial charge in [-0.3, -0.25) is 4.90 Å². The van der Waals surface area contributed by atoms with Crippen LogP contribution in [0.2, 0.25) is 0 Å². The number of aliphatic hydroxyl groups is 1. The number of nitrogens with one attached hydrogen (secondary N) is 1. The topological polar surface area (TPSA) is 39.3 Å². The van der Waals surface area contributed by atoms with Crippen LogP contribution in [0.15, 0.2) is 18.2 Å². The fourth-order valence-electron chi connectivity index (χ4n) is 3.49. The predicted molar refractivity (Wildman–Crippen MR) is 82.7 cm³/mol. The lowest BCUT2D eigenvalue weighted by atomic mass is 9.91. The van der Waals surface area contributed by atoms with Crippen molar-refractivity contribution < 1.29 is 9.50 Å². The number of aromatic nitrogens is 1. The predicted octanol–water partition coefficient (Wildman–Crippen LogP) is 3.35. The number of aryl methyl sites for hydroxylation is 1. The maximum absolute atomic E-state index is 13.4. The van der Waals surface area contributed by atoms with Crippen LogP contribution >= 0.6 is 0 Å². The monoisotopic (exact) mass is 290 g/mol. The number of hydrogen-bond donors (Lipinski definition) is 2. The average Bonchev–Trinajstić information content (AvgIpc) is 2.76. The lowest BCUT2D eigenvalue weighted by molar-refractivity contribution is 0.0283.